The minimum absolute atomic E-state index is 0.0383. The molecular weight excluding hydrogens is 416 g/mol. The molecule has 0 unspecified atom stereocenters. The normalized spacial score (nSPS) is 24.5. The van der Waals surface area contributed by atoms with Gasteiger partial charge >= 0.3 is 0 Å². The smallest absolute Gasteiger partial charge is 0.253 e. The van der Waals surface area contributed by atoms with Gasteiger partial charge in [-0.25, -0.2) is 8.42 Å². The van der Waals surface area contributed by atoms with Crippen LogP contribution >= 0.6 is 23.1 Å². The van der Waals surface area contributed by atoms with Crippen LogP contribution in [0.5, 0.6) is 0 Å². The number of ketones is 1. The number of sulfone groups is 1. The van der Waals surface area contributed by atoms with E-state index in [0.29, 0.717) is 10.7 Å². The van der Waals surface area contributed by atoms with Crippen molar-refractivity contribution in [2.24, 2.45) is 4.99 Å². The zero-order valence-electron chi connectivity index (χ0n) is 15.1. The predicted octanol–water partition coefficient (Wildman–Crippen LogP) is 2.79. The first kappa shape index (κ1) is 19.4. The zero-order chi connectivity index (χ0) is 19.9. The lowest BCUT2D eigenvalue weighted by Crippen LogP contribution is -2.37. The molecule has 0 aliphatic carbocycles. The number of carbonyl (C=O) groups is 2. The van der Waals surface area contributed by atoms with Gasteiger partial charge in [-0.15, -0.1) is 11.3 Å². The van der Waals surface area contributed by atoms with Gasteiger partial charge in [0.15, 0.2) is 20.8 Å². The average Bonchev–Trinajstić information content (AvgIpc) is 3.29. The number of thiophene rings is 1. The third-order valence-electron chi connectivity index (χ3n) is 4.74. The van der Waals surface area contributed by atoms with E-state index in [2.05, 4.69) is 4.99 Å². The fourth-order valence-electron chi connectivity index (χ4n) is 3.43. The monoisotopic (exact) mass is 434 g/mol. The van der Waals surface area contributed by atoms with E-state index in [9.17, 15) is 18.0 Å². The molecule has 1 aromatic heterocycles. The van der Waals surface area contributed by atoms with Gasteiger partial charge in [-0.05, 0) is 42.6 Å². The molecule has 28 heavy (non-hydrogen) atoms. The van der Waals surface area contributed by atoms with Crippen molar-refractivity contribution < 1.29 is 18.0 Å². The number of amidine groups is 1. The second kappa shape index (κ2) is 7.46. The summed E-state index contributed by atoms with van der Waals surface area (Å²) in [5.41, 5.74) is 1.32. The maximum absolute atomic E-state index is 12.5. The van der Waals surface area contributed by atoms with Crippen LogP contribution in [-0.2, 0) is 21.1 Å². The zero-order valence-corrected chi connectivity index (χ0v) is 17.5. The Morgan fingerprint density at radius 3 is 2.57 bits per heavy atom. The van der Waals surface area contributed by atoms with Crippen molar-refractivity contribution in [3.63, 3.8) is 0 Å². The van der Waals surface area contributed by atoms with Gasteiger partial charge in [-0.1, -0.05) is 17.8 Å². The van der Waals surface area contributed by atoms with Crippen LogP contribution in [-0.4, -0.2) is 48.1 Å². The van der Waals surface area contributed by atoms with Crippen LogP contribution in [0.25, 0.3) is 0 Å². The highest BCUT2D eigenvalue weighted by Crippen LogP contribution is 2.41. The van der Waals surface area contributed by atoms with Gasteiger partial charge in [0, 0.05) is 21.4 Å². The largest absolute Gasteiger partial charge is 0.316 e. The van der Waals surface area contributed by atoms with Crippen LogP contribution in [0.2, 0.25) is 0 Å². The van der Waals surface area contributed by atoms with Crippen LogP contribution < -0.4 is 4.90 Å². The topological polar surface area (TPSA) is 83.9 Å². The van der Waals surface area contributed by atoms with Gasteiger partial charge in [0.05, 0.1) is 24.0 Å². The van der Waals surface area contributed by atoms with Gasteiger partial charge < -0.3 is 4.90 Å². The Morgan fingerprint density at radius 2 is 1.93 bits per heavy atom. The van der Waals surface area contributed by atoms with E-state index in [1.54, 1.807) is 24.3 Å². The lowest BCUT2D eigenvalue weighted by Gasteiger charge is -2.24. The molecule has 9 heteroatoms. The molecule has 2 aromatic rings. The molecule has 0 spiro atoms. The molecule has 3 heterocycles. The van der Waals surface area contributed by atoms with E-state index >= 15 is 0 Å². The third-order valence-corrected chi connectivity index (χ3v) is 8.83. The second-order valence-electron chi connectivity index (χ2n) is 6.82. The third kappa shape index (κ3) is 3.92. The van der Waals surface area contributed by atoms with E-state index in [1.165, 1.54) is 30.0 Å². The summed E-state index contributed by atoms with van der Waals surface area (Å²) in [5, 5.41) is 2.30. The second-order valence-corrected chi connectivity index (χ2v) is 11.2. The first-order valence-electron chi connectivity index (χ1n) is 8.73. The number of anilines is 1. The minimum Gasteiger partial charge on any atom is -0.316 e. The quantitative estimate of drug-likeness (QED) is 0.688. The van der Waals surface area contributed by atoms with E-state index in [1.807, 2.05) is 22.4 Å². The number of benzene rings is 1. The van der Waals surface area contributed by atoms with Crippen LogP contribution in [0.3, 0.4) is 0 Å². The molecule has 2 fully saturated rings. The van der Waals surface area contributed by atoms with Gasteiger partial charge in [0.25, 0.3) is 5.91 Å². The van der Waals surface area contributed by atoms with E-state index in [4.69, 9.17) is 0 Å². The van der Waals surface area contributed by atoms with E-state index in [-0.39, 0.29) is 40.9 Å². The molecule has 1 amide bonds. The number of hydrogen-bond donors (Lipinski definition) is 0. The molecule has 2 saturated heterocycles. The van der Waals surface area contributed by atoms with Gasteiger partial charge in [-0.3, -0.25) is 9.59 Å². The number of nitrogens with zero attached hydrogens (tertiary/aromatic N) is 2. The van der Waals surface area contributed by atoms with Crippen LogP contribution in [0.15, 0.2) is 46.8 Å². The predicted molar refractivity (Wildman–Crippen MR) is 113 cm³/mol. The average molecular weight is 435 g/mol. The summed E-state index contributed by atoms with van der Waals surface area (Å²) in [6, 6.07) is 10.5. The molecule has 2 aliphatic heterocycles. The van der Waals surface area contributed by atoms with Crippen molar-refractivity contribution in [3.05, 3.63) is 52.2 Å². The first-order valence-corrected chi connectivity index (χ1v) is 12.3. The molecule has 6 nitrogen and oxygen atoms in total. The highest BCUT2D eigenvalue weighted by Gasteiger charge is 2.49. The molecule has 0 radical (unpaired) electrons. The Labute approximate surface area is 171 Å². The summed E-state index contributed by atoms with van der Waals surface area (Å²) in [5.74, 6) is -0.165. The Balaban J connectivity index is 1.66. The van der Waals surface area contributed by atoms with E-state index in [0.717, 1.165) is 10.6 Å². The van der Waals surface area contributed by atoms with Crippen molar-refractivity contribution in [1.82, 2.24) is 0 Å². The lowest BCUT2D eigenvalue weighted by atomic mass is 10.1. The van der Waals surface area contributed by atoms with Crippen LogP contribution in [0.1, 0.15) is 22.2 Å². The first-order chi connectivity index (χ1) is 13.3. The Hall–Kier alpha value is -1.97. The van der Waals surface area contributed by atoms with E-state index < -0.39 is 9.84 Å². The molecule has 0 N–H and O–H groups in total. The number of rotatable bonds is 4. The number of amides is 1. The number of carbonyl (C=O) groups excluding carboxylic acids is 2. The summed E-state index contributed by atoms with van der Waals surface area (Å²) >= 11 is 2.86. The number of thioether (sulfide) groups is 1. The SMILES string of the molecule is CC(=O)c1ccc(N2C(=NC(=O)Cc3cccs3)S[C@H]3CS(=O)(=O)C[C@@H]32)cc1. The highest BCUT2D eigenvalue weighted by molar-refractivity contribution is 8.16. The molecule has 1 aromatic carbocycles. The van der Waals surface area contributed by atoms with Crippen molar-refractivity contribution in [2.45, 2.75) is 24.6 Å². The van der Waals surface area contributed by atoms with Crippen molar-refractivity contribution in [2.75, 3.05) is 16.4 Å². The number of fused-ring (bicyclic) bond motifs is 1. The van der Waals surface area contributed by atoms with Gasteiger partial charge in [0.2, 0.25) is 0 Å². The Bertz CT molecular complexity index is 1040. The lowest BCUT2D eigenvalue weighted by molar-refractivity contribution is -0.117. The number of hydrogen-bond acceptors (Lipinski definition) is 6. The molecular formula is C19H18N2O4S3. The summed E-state index contributed by atoms with van der Waals surface area (Å²) < 4.78 is 24.2. The summed E-state index contributed by atoms with van der Waals surface area (Å²) in [7, 11) is -3.12. The number of Topliss-reactive ketones (excluding diaryl/α,β-unsaturated/α-hetero) is 1. The molecule has 0 bridgehead atoms. The Kier molecular flexibility index (Phi) is 5.15. The van der Waals surface area contributed by atoms with Crippen LogP contribution in [0.4, 0.5) is 5.69 Å². The van der Waals surface area contributed by atoms with Gasteiger partial charge in [-0.2, -0.15) is 4.99 Å². The van der Waals surface area contributed by atoms with Crippen LogP contribution in [0, 0.1) is 0 Å². The minimum atomic E-state index is -3.12. The molecule has 4 rings (SSSR count). The molecule has 146 valence electrons. The van der Waals surface area contributed by atoms with Crippen molar-refractivity contribution in [3.8, 4) is 0 Å². The van der Waals surface area contributed by atoms with Gasteiger partial charge in [0.1, 0.15) is 0 Å². The summed E-state index contributed by atoms with van der Waals surface area (Å²) in [6.45, 7) is 1.50. The fourth-order valence-corrected chi connectivity index (χ4v) is 8.06. The van der Waals surface area contributed by atoms with Crippen molar-refractivity contribution in [1.29, 1.82) is 0 Å². The fraction of sp³-hybridized carbons (Fsp3) is 0.316. The summed E-state index contributed by atoms with van der Waals surface area (Å²) in [6.07, 6.45) is 0.229. The molecule has 0 saturated carbocycles. The summed E-state index contributed by atoms with van der Waals surface area (Å²) in [4.78, 5) is 31.1. The highest BCUT2D eigenvalue weighted by atomic mass is 32.2. The maximum atomic E-state index is 12.5. The standard InChI is InChI=1S/C19H18N2O4S3/c1-12(22)13-4-6-14(7-5-13)21-16-10-28(24,25)11-17(16)27-19(21)20-18(23)9-15-3-2-8-26-15/h2-8,16-17H,9-11H2,1H3/t16-,17-/m0/s1. The van der Waals surface area contributed by atoms with Crippen molar-refractivity contribution >= 4 is 55.5 Å². The molecule has 2 aliphatic rings. The molecule has 2 atom stereocenters. The Morgan fingerprint density at radius 1 is 1.18 bits per heavy atom. The maximum Gasteiger partial charge on any atom is 0.253 e. The number of aliphatic imine (C=N–C) groups is 1.